The molecular formula is C16H24N2O4S. The average molecular weight is 340 g/mol. The topological polar surface area (TPSA) is 81.5 Å². The molecule has 1 aliphatic rings. The molecular weight excluding hydrogens is 316 g/mol. The van der Waals surface area contributed by atoms with E-state index in [0.29, 0.717) is 12.4 Å². The molecule has 1 N–H and O–H groups in total. The van der Waals surface area contributed by atoms with Gasteiger partial charge in [-0.15, -0.1) is 0 Å². The van der Waals surface area contributed by atoms with E-state index >= 15 is 0 Å². The van der Waals surface area contributed by atoms with Gasteiger partial charge in [0.25, 0.3) is 0 Å². The molecule has 0 bridgehead atoms. The van der Waals surface area contributed by atoms with Crippen LogP contribution in [0.1, 0.15) is 39.5 Å². The fourth-order valence-corrected chi connectivity index (χ4v) is 4.36. The molecule has 1 saturated carbocycles. The number of rotatable bonds is 7. The SMILES string of the molecule is CCOc1cc(NC2CCCC(S(=O)CC)C2)ccc1[N+](=O)[O-]. The number of benzene rings is 1. The highest BCUT2D eigenvalue weighted by Gasteiger charge is 2.26. The Morgan fingerprint density at radius 1 is 1.39 bits per heavy atom. The minimum atomic E-state index is -0.763. The summed E-state index contributed by atoms with van der Waals surface area (Å²) in [4.78, 5) is 10.6. The molecule has 0 saturated heterocycles. The summed E-state index contributed by atoms with van der Waals surface area (Å²) in [6.45, 7) is 4.14. The fraction of sp³-hybridized carbons (Fsp3) is 0.625. The standard InChI is InChI=1S/C16H24N2O4S/c1-3-22-16-11-13(8-9-15(16)18(19)20)17-12-6-5-7-14(10-12)23(21)4-2/h8-9,11-12,14,17H,3-7,10H2,1-2H3. The molecule has 128 valence electrons. The summed E-state index contributed by atoms with van der Waals surface area (Å²) in [5, 5.41) is 14.7. The van der Waals surface area contributed by atoms with Gasteiger partial charge < -0.3 is 10.1 Å². The number of hydrogen-bond acceptors (Lipinski definition) is 5. The summed E-state index contributed by atoms with van der Waals surface area (Å²) in [7, 11) is -0.763. The Hall–Kier alpha value is -1.63. The van der Waals surface area contributed by atoms with E-state index in [-0.39, 0.29) is 22.7 Å². The third kappa shape index (κ3) is 4.67. The first kappa shape index (κ1) is 17.7. The molecule has 1 aliphatic carbocycles. The number of ether oxygens (including phenoxy) is 1. The van der Waals surface area contributed by atoms with Gasteiger partial charge in [0.1, 0.15) is 0 Å². The van der Waals surface area contributed by atoms with E-state index < -0.39 is 15.7 Å². The van der Waals surface area contributed by atoms with Crippen LogP contribution in [0.3, 0.4) is 0 Å². The van der Waals surface area contributed by atoms with Crippen LogP contribution in [0.4, 0.5) is 11.4 Å². The Balaban J connectivity index is 2.08. The van der Waals surface area contributed by atoms with E-state index in [4.69, 9.17) is 4.74 Å². The third-order valence-corrected chi connectivity index (χ3v) is 5.85. The van der Waals surface area contributed by atoms with Crippen molar-refractivity contribution in [2.24, 2.45) is 0 Å². The maximum atomic E-state index is 12.0. The molecule has 3 atom stereocenters. The van der Waals surface area contributed by atoms with Gasteiger partial charge in [0.15, 0.2) is 5.75 Å². The molecule has 1 fully saturated rings. The first-order valence-corrected chi connectivity index (χ1v) is 9.48. The predicted molar refractivity (Wildman–Crippen MR) is 92.6 cm³/mol. The van der Waals surface area contributed by atoms with Crippen molar-refractivity contribution in [1.29, 1.82) is 0 Å². The van der Waals surface area contributed by atoms with E-state index in [9.17, 15) is 14.3 Å². The molecule has 6 nitrogen and oxygen atoms in total. The Morgan fingerprint density at radius 2 is 2.17 bits per heavy atom. The number of nitro groups is 1. The molecule has 0 radical (unpaired) electrons. The lowest BCUT2D eigenvalue weighted by Crippen LogP contribution is -2.33. The van der Waals surface area contributed by atoms with E-state index in [1.165, 1.54) is 6.07 Å². The summed E-state index contributed by atoms with van der Waals surface area (Å²) < 4.78 is 17.4. The maximum absolute atomic E-state index is 12.0. The second-order valence-electron chi connectivity index (χ2n) is 5.67. The predicted octanol–water partition coefficient (Wildman–Crippen LogP) is 3.49. The second kappa shape index (κ2) is 8.29. The molecule has 0 spiro atoms. The molecule has 3 unspecified atom stereocenters. The highest BCUT2D eigenvalue weighted by atomic mass is 32.2. The first-order valence-electron chi connectivity index (χ1n) is 8.10. The van der Waals surface area contributed by atoms with Crippen LogP contribution in [0.25, 0.3) is 0 Å². The minimum Gasteiger partial charge on any atom is -0.487 e. The van der Waals surface area contributed by atoms with E-state index in [1.54, 1.807) is 19.1 Å². The largest absolute Gasteiger partial charge is 0.487 e. The lowest BCUT2D eigenvalue weighted by atomic mass is 9.94. The van der Waals surface area contributed by atoms with Crippen LogP contribution in [-0.2, 0) is 10.8 Å². The molecule has 1 aromatic carbocycles. The van der Waals surface area contributed by atoms with Crippen molar-refractivity contribution in [1.82, 2.24) is 0 Å². The van der Waals surface area contributed by atoms with Crippen LogP contribution in [0.2, 0.25) is 0 Å². The number of hydrogen-bond donors (Lipinski definition) is 1. The Morgan fingerprint density at radius 3 is 2.83 bits per heavy atom. The maximum Gasteiger partial charge on any atom is 0.311 e. The van der Waals surface area contributed by atoms with Gasteiger partial charge >= 0.3 is 5.69 Å². The Bertz CT molecular complexity index is 579. The van der Waals surface area contributed by atoms with Crippen molar-refractivity contribution < 1.29 is 13.9 Å². The Labute approximate surface area is 139 Å². The smallest absolute Gasteiger partial charge is 0.311 e. The average Bonchev–Trinajstić information content (AvgIpc) is 2.54. The summed E-state index contributed by atoms with van der Waals surface area (Å²) in [6, 6.07) is 5.11. The van der Waals surface area contributed by atoms with Gasteiger partial charge in [0, 0.05) is 45.7 Å². The van der Waals surface area contributed by atoms with E-state index in [2.05, 4.69) is 5.32 Å². The highest BCUT2D eigenvalue weighted by Crippen LogP contribution is 2.32. The summed E-state index contributed by atoms with van der Waals surface area (Å²) in [5.74, 6) is 0.982. The zero-order valence-electron chi connectivity index (χ0n) is 13.6. The number of nitro benzene ring substituents is 1. The summed E-state index contributed by atoms with van der Waals surface area (Å²) in [5.41, 5.74) is 0.790. The van der Waals surface area contributed by atoms with Crippen LogP contribution < -0.4 is 10.1 Å². The van der Waals surface area contributed by atoms with Crippen molar-refractivity contribution in [2.75, 3.05) is 17.7 Å². The number of nitrogens with zero attached hydrogens (tertiary/aromatic N) is 1. The van der Waals surface area contributed by atoms with Crippen LogP contribution in [-0.4, -0.2) is 32.8 Å². The van der Waals surface area contributed by atoms with Crippen molar-refractivity contribution in [3.8, 4) is 5.75 Å². The van der Waals surface area contributed by atoms with E-state index in [1.807, 2.05) is 6.92 Å². The normalized spacial score (nSPS) is 22.3. The summed E-state index contributed by atoms with van der Waals surface area (Å²) in [6.07, 6.45) is 3.97. The minimum absolute atomic E-state index is 0.0222. The second-order valence-corrected chi connectivity index (χ2v) is 7.68. The molecule has 0 aromatic heterocycles. The molecule has 23 heavy (non-hydrogen) atoms. The fourth-order valence-electron chi connectivity index (χ4n) is 3.01. The molecule has 0 amide bonds. The lowest BCUT2D eigenvalue weighted by Gasteiger charge is -2.29. The zero-order valence-corrected chi connectivity index (χ0v) is 14.4. The highest BCUT2D eigenvalue weighted by molar-refractivity contribution is 7.85. The van der Waals surface area contributed by atoms with Gasteiger partial charge in [0.05, 0.1) is 11.5 Å². The van der Waals surface area contributed by atoms with Gasteiger partial charge in [-0.3, -0.25) is 14.3 Å². The zero-order chi connectivity index (χ0) is 16.8. The molecule has 2 rings (SSSR count). The van der Waals surface area contributed by atoms with Gasteiger partial charge in [-0.25, -0.2) is 0 Å². The molecule has 0 aliphatic heterocycles. The number of anilines is 1. The number of nitrogens with one attached hydrogen (secondary N) is 1. The van der Waals surface area contributed by atoms with Gasteiger partial charge in [-0.2, -0.15) is 0 Å². The quantitative estimate of drug-likeness (QED) is 0.607. The molecule has 0 heterocycles. The van der Waals surface area contributed by atoms with Crippen LogP contribution in [0.15, 0.2) is 18.2 Å². The monoisotopic (exact) mass is 340 g/mol. The van der Waals surface area contributed by atoms with Crippen molar-refractivity contribution >= 4 is 22.2 Å². The van der Waals surface area contributed by atoms with Crippen LogP contribution in [0.5, 0.6) is 5.75 Å². The van der Waals surface area contributed by atoms with Gasteiger partial charge in [-0.05, 0) is 32.3 Å². The van der Waals surface area contributed by atoms with Crippen LogP contribution >= 0.6 is 0 Å². The molecule has 1 aromatic rings. The van der Waals surface area contributed by atoms with Crippen molar-refractivity contribution in [3.05, 3.63) is 28.3 Å². The van der Waals surface area contributed by atoms with Gasteiger partial charge in [-0.1, -0.05) is 13.3 Å². The lowest BCUT2D eigenvalue weighted by molar-refractivity contribution is -0.385. The summed E-state index contributed by atoms with van der Waals surface area (Å²) >= 11 is 0. The molecule has 7 heteroatoms. The third-order valence-electron chi connectivity index (χ3n) is 4.11. The Kier molecular flexibility index (Phi) is 6.38. The van der Waals surface area contributed by atoms with E-state index in [0.717, 1.165) is 31.4 Å². The first-order chi connectivity index (χ1) is 11.0. The van der Waals surface area contributed by atoms with Crippen molar-refractivity contribution in [2.45, 2.75) is 50.8 Å². The van der Waals surface area contributed by atoms with Gasteiger partial charge in [0.2, 0.25) is 0 Å². The van der Waals surface area contributed by atoms with Crippen LogP contribution in [0, 0.1) is 10.1 Å². The van der Waals surface area contributed by atoms with Crippen molar-refractivity contribution in [3.63, 3.8) is 0 Å².